The van der Waals surface area contributed by atoms with Crippen LogP contribution >= 0.6 is 0 Å². The topological polar surface area (TPSA) is 44.1 Å². The molecule has 0 spiro atoms. The van der Waals surface area contributed by atoms with Crippen molar-refractivity contribution in [2.45, 2.75) is 44.6 Å². The highest BCUT2D eigenvalue weighted by Gasteiger charge is 2.36. The molecule has 1 unspecified atom stereocenters. The predicted octanol–water partition coefficient (Wildman–Crippen LogP) is 3.35. The summed E-state index contributed by atoms with van der Waals surface area (Å²) in [4.78, 5) is 14.7. The van der Waals surface area contributed by atoms with E-state index in [1.54, 1.807) is 24.3 Å². The molecule has 0 bridgehead atoms. The van der Waals surface area contributed by atoms with Crippen LogP contribution in [0.3, 0.4) is 0 Å². The summed E-state index contributed by atoms with van der Waals surface area (Å²) < 4.78 is 0. The molecule has 1 saturated carbocycles. The molecule has 1 saturated heterocycles. The number of carbonyl (C=O) groups is 1. The van der Waals surface area contributed by atoms with E-state index in [9.17, 15) is 4.79 Å². The highest BCUT2D eigenvalue weighted by Crippen LogP contribution is 2.36. The minimum absolute atomic E-state index is 0.142. The Labute approximate surface area is 120 Å². The summed E-state index contributed by atoms with van der Waals surface area (Å²) in [6.45, 7) is 0.889. The quantitative estimate of drug-likeness (QED) is 0.825. The third kappa shape index (κ3) is 2.43. The molecule has 2 fully saturated rings. The molecular formula is C17H20N2O. The number of amides is 1. The Morgan fingerprint density at radius 3 is 2.45 bits per heavy atom. The summed E-state index contributed by atoms with van der Waals surface area (Å²) in [5.41, 5.74) is 1.32. The van der Waals surface area contributed by atoms with Crippen LogP contribution in [0.2, 0.25) is 0 Å². The second-order valence-corrected chi connectivity index (χ2v) is 5.94. The molecule has 0 N–H and O–H groups in total. The third-order valence-corrected chi connectivity index (χ3v) is 4.77. The van der Waals surface area contributed by atoms with Crippen LogP contribution in [0.4, 0.5) is 0 Å². The van der Waals surface area contributed by atoms with Crippen LogP contribution in [0.25, 0.3) is 0 Å². The van der Waals surface area contributed by atoms with Crippen molar-refractivity contribution < 1.29 is 4.79 Å². The van der Waals surface area contributed by atoms with Crippen LogP contribution in [-0.2, 0) is 0 Å². The fourth-order valence-electron chi connectivity index (χ4n) is 3.73. The molecule has 104 valence electrons. The van der Waals surface area contributed by atoms with Gasteiger partial charge in [0, 0.05) is 18.2 Å². The maximum absolute atomic E-state index is 12.7. The van der Waals surface area contributed by atoms with Gasteiger partial charge in [0.15, 0.2) is 0 Å². The van der Waals surface area contributed by atoms with Crippen LogP contribution in [0, 0.1) is 17.2 Å². The summed E-state index contributed by atoms with van der Waals surface area (Å²) in [6, 6.07) is 9.56. The maximum Gasteiger partial charge on any atom is 0.254 e. The third-order valence-electron chi connectivity index (χ3n) is 4.77. The minimum atomic E-state index is 0.142. The second-order valence-electron chi connectivity index (χ2n) is 5.94. The van der Waals surface area contributed by atoms with Gasteiger partial charge < -0.3 is 4.90 Å². The molecule has 0 radical (unpaired) electrons. The SMILES string of the molecule is N#Cc1ccc(C(=O)N2CCCC2C2CCCC2)cc1. The van der Waals surface area contributed by atoms with Gasteiger partial charge in [0.1, 0.15) is 0 Å². The Kier molecular flexibility index (Phi) is 3.73. The van der Waals surface area contributed by atoms with E-state index in [0.717, 1.165) is 19.4 Å². The van der Waals surface area contributed by atoms with Crippen LogP contribution in [0.15, 0.2) is 24.3 Å². The second kappa shape index (κ2) is 5.66. The lowest BCUT2D eigenvalue weighted by atomic mass is 9.95. The summed E-state index contributed by atoms with van der Waals surface area (Å²) in [7, 11) is 0. The first-order chi connectivity index (χ1) is 9.79. The van der Waals surface area contributed by atoms with E-state index in [-0.39, 0.29) is 5.91 Å². The molecule has 0 aromatic heterocycles. The monoisotopic (exact) mass is 268 g/mol. The number of carbonyl (C=O) groups excluding carboxylic acids is 1. The number of hydrogen-bond donors (Lipinski definition) is 0. The molecule has 1 aromatic carbocycles. The number of likely N-dealkylation sites (tertiary alicyclic amines) is 1. The first-order valence-corrected chi connectivity index (χ1v) is 7.61. The van der Waals surface area contributed by atoms with Crippen molar-refractivity contribution >= 4 is 5.91 Å². The van der Waals surface area contributed by atoms with Gasteiger partial charge in [0.2, 0.25) is 0 Å². The molecule has 2 aliphatic rings. The summed E-state index contributed by atoms with van der Waals surface area (Å²) in [6.07, 6.45) is 7.49. The lowest BCUT2D eigenvalue weighted by Crippen LogP contribution is -2.39. The van der Waals surface area contributed by atoms with Gasteiger partial charge in [0.25, 0.3) is 5.91 Å². The van der Waals surface area contributed by atoms with Gasteiger partial charge >= 0.3 is 0 Å². The van der Waals surface area contributed by atoms with Gasteiger partial charge in [-0.05, 0) is 55.9 Å². The average Bonchev–Trinajstić information content (AvgIpc) is 3.16. The van der Waals surface area contributed by atoms with Crippen molar-refractivity contribution in [1.82, 2.24) is 4.90 Å². The normalized spacial score (nSPS) is 22.9. The number of hydrogen-bond acceptors (Lipinski definition) is 2. The van der Waals surface area contributed by atoms with Crippen LogP contribution in [0.5, 0.6) is 0 Å². The molecule has 1 atom stereocenters. The highest BCUT2D eigenvalue weighted by atomic mass is 16.2. The van der Waals surface area contributed by atoms with Gasteiger partial charge in [-0.25, -0.2) is 0 Å². The van der Waals surface area contributed by atoms with Gasteiger partial charge in [0.05, 0.1) is 11.6 Å². The molecule has 1 heterocycles. The molecule has 3 rings (SSSR count). The Bertz CT molecular complexity index is 523. The van der Waals surface area contributed by atoms with Crippen molar-refractivity contribution in [2.75, 3.05) is 6.54 Å². The van der Waals surface area contributed by atoms with Crippen molar-refractivity contribution in [2.24, 2.45) is 5.92 Å². The van der Waals surface area contributed by atoms with Crippen molar-refractivity contribution in [3.05, 3.63) is 35.4 Å². The zero-order chi connectivity index (χ0) is 13.9. The first-order valence-electron chi connectivity index (χ1n) is 7.61. The predicted molar refractivity (Wildman–Crippen MR) is 77.2 cm³/mol. The minimum Gasteiger partial charge on any atom is -0.335 e. The summed E-state index contributed by atoms with van der Waals surface area (Å²) in [5.74, 6) is 0.851. The maximum atomic E-state index is 12.7. The van der Waals surface area contributed by atoms with E-state index in [2.05, 4.69) is 11.0 Å². The molecule has 3 nitrogen and oxygen atoms in total. The average molecular weight is 268 g/mol. The van der Waals surface area contributed by atoms with E-state index in [4.69, 9.17) is 5.26 Å². The highest BCUT2D eigenvalue weighted by molar-refractivity contribution is 5.94. The molecular weight excluding hydrogens is 248 g/mol. The lowest BCUT2D eigenvalue weighted by Gasteiger charge is -2.29. The van der Waals surface area contributed by atoms with Gasteiger partial charge in [-0.1, -0.05) is 12.8 Å². The van der Waals surface area contributed by atoms with Crippen molar-refractivity contribution in [3.8, 4) is 6.07 Å². The standard InChI is InChI=1S/C17H20N2O/c18-12-13-7-9-15(10-8-13)17(20)19-11-3-6-16(19)14-4-1-2-5-14/h7-10,14,16H,1-6,11H2. The van der Waals surface area contributed by atoms with Crippen molar-refractivity contribution in [1.29, 1.82) is 5.26 Å². The van der Waals surface area contributed by atoms with E-state index in [1.165, 1.54) is 25.7 Å². The van der Waals surface area contributed by atoms with E-state index in [1.807, 2.05) is 0 Å². The Balaban J connectivity index is 1.76. The fourth-order valence-corrected chi connectivity index (χ4v) is 3.73. The first kappa shape index (κ1) is 13.2. The zero-order valence-electron chi connectivity index (χ0n) is 11.7. The van der Waals surface area contributed by atoms with Gasteiger partial charge in [-0.2, -0.15) is 5.26 Å². The zero-order valence-corrected chi connectivity index (χ0v) is 11.7. The van der Waals surface area contributed by atoms with Crippen LogP contribution < -0.4 is 0 Å². The Hall–Kier alpha value is -1.82. The van der Waals surface area contributed by atoms with E-state index in [0.29, 0.717) is 23.1 Å². The number of rotatable bonds is 2. The molecule has 20 heavy (non-hydrogen) atoms. The van der Waals surface area contributed by atoms with E-state index < -0.39 is 0 Å². The number of benzene rings is 1. The fraction of sp³-hybridized carbons (Fsp3) is 0.529. The number of nitriles is 1. The van der Waals surface area contributed by atoms with Crippen LogP contribution in [-0.4, -0.2) is 23.4 Å². The van der Waals surface area contributed by atoms with E-state index >= 15 is 0 Å². The largest absolute Gasteiger partial charge is 0.335 e. The molecule has 1 aliphatic carbocycles. The molecule has 1 aromatic rings. The Morgan fingerprint density at radius 1 is 1.10 bits per heavy atom. The smallest absolute Gasteiger partial charge is 0.254 e. The number of nitrogens with zero attached hydrogens (tertiary/aromatic N) is 2. The Morgan fingerprint density at radius 2 is 1.80 bits per heavy atom. The van der Waals surface area contributed by atoms with Gasteiger partial charge in [-0.3, -0.25) is 4.79 Å². The van der Waals surface area contributed by atoms with Crippen LogP contribution in [0.1, 0.15) is 54.4 Å². The lowest BCUT2D eigenvalue weighted by molar-refractivity contribution is 0.0689. The molecule has 3 heteroatoms. The summed E-state index contributed by atoms with van der Waals surface area (Å²) in [5, 5.41) is 8.82. The molecule has 1 aliphatic heterocycles. The summed E-state index contributed by atoms with van der Waals surface area (Å²) >= 11 is 0. The van der Waals surface area contributed by atoms with Crippen molar-refractivity contribution in [3.63, 3.8) is 0 Å². The molecule has 1 amide bonds. The van der Waals surface area contributed by atoms with Gasteiger partial charge in [-0.15, -0.1) is 0 Å².